The van der Waals surface area contributed by atoms with E-state index < -0.39 is 0 Å². The van der Waals surface area contributed by atoms with Crippen LogP contribution in [0.4, 0.5) is 0 Å². The maximum Gasteiger partial charge on any atom is 0.228 e. The van der Waals surface area contributed by atoms with E-state index in [1.807, 2.05) is 32.0 Å². The summed E-state index contributed by atoms with van der Waals surface area (Å²) in [6, 6.07) is 10.5. The SMILES string of the molecule is CC(C)NC(=O)C(c1ccccc1)C1CCCC1. The normalized spacial score (nSPS) is 17.9. The molecule has 1 aliphatic carbocycles. The van der Waals surface area contributed by atoms with Crippen molar-refractivity contribution in [3.8, 4) is 0 Å². The van der Waals surface area contributed by atoms with E-state index in [0.717, 1.165) is 0 Å². The predicted octanol–water partition coefficient (Wildman–Crippen LogP) is 3.49. The Labute approximate surface area is 110 Å². The highest BCUT2D eigenvalue weighted by Gasteiger charge is 2.31. The molecule has 1 atom stereocenters. The van der Waals surface area contributed by atoms with Crippen molar-refractivity contribution in [1.82, 2.24) is 5.32 Å². The van der Waals surface area contributed by atoms with Crippen LogP contribution in [-0.4, -0.2) is 11.9 Å². The second-order valence-electron chi connectivity index (χ2n) is 5.60. The van der Waals surface area contributed by atoms with Crippen molar-refractivity contribution in [1.29, 1.82) is 0 Å². The number of nitrogens with one attached hydrogen (secondary N) is 1. The van der Waals surface area contributed by atoms with Gasteiger partial charge < -0.3 is 5.32 Å². The van der Waals surface area contributed by atoms with Gasteiger partial charge in [0.2, 0.25) is 5.91 Å². The molecule has 1 unspecified atom stereocenters. The minimum Gasteiger partial charge on any atom is -0.353 e. The highest BCUT2D eigenvalue weighted by Crippen LogP contribution is 2.37. The van der Waals surface area contributed by atoms with Crippen LogP contribution >= 0.6 is 0 Å². The summed E-state index contributed by atoms with van der Waals surface area (Å²) in [5, 5.41) is 3.08. The molecule has 0 radical (unpaired) electrons. The van der Waals surface area contributed by atoms with Gasteiger partial charge in [0.1, 0.15) is 0 Å². The molecule has 1 N–H and O–H groups in total. The topological polar surface area (TPSA) is 29.1 Å². The van der Waals surface area contributed by atoms with E-state index in [1.54, 1.807) is 0 Å². The summed E-state index contributed by atoms with van der Waals surface area (Å²) in [5.41, 5.74) is 1.17. The van der Waals surface area contributed by atoms with E-state index in [1.165, 1.54) is 31.2 Å². The van der Waals surface area contributed by atoms with Gasteiger partial charge in [-0.05, 0) is 38.2 Å². The fourth-order valence-corrected chi connectivity index (χ4v) is 2.96. The molecule has 0 bridgehead atoms. The molecule has 0 aromatic heterocycles. The summed E-state index contributed by atoms with van der Waals surface area (Å²) in [6.07, 6.45) is 4.90. The lowest BCUT2D eigenvalue weighted by molar-refractivity contribution is -0.124. The van der Waals surface area contributed by atoms with Gasteiger partial charge in [-0.15, -0.1) is 0 Å². The van der Waals surface area contributed by atoms with E-state index in [2.05, 4.69) is 17.4 Å². The smallest absolute Gasteiger partial charge is 0.228 e. The molecule has 1 amide bonds. The first-order valence-electron chi connectivity index (χ1n) is 7.04. The molecule has 1 aromatic carbocycles. The van der Waals surface area contributed by atoms with Crippen LogP contribution in [0.1, 0.15) is 51.0 Å². The molecule has 0 spiro atoms. The summed E-state index contributed by atoms with van der Waals surface area (Å²) in [4.78, 5) is 12.4. The summed E-state index contributed by atoms with van der Waals surface area (Å²) in [7, 11) is 0. The number of hydrogen-bond acceptors (Lipinski definition) is 1. The van der Waals surface area contributed by atoms with E-state index >= 15 is 0 Å². The highest BCUT2D eigenvalue weighted by atomic mass is 16.1. The van der Waals surface area contributed by atoms with Crippen LogP contribution in [0.5, 0.6) is 0 Å². The molecular weight excluding hydrogens is 222 g/mol. The third kappa shape index (κ3) is 3.12. The summed E-state index contributed by atoms with van der Waals surface area (Å²) >= 11 is 0. The standard InChI is InChI=1S/C16H23NO/c1-12(2)17-16(18)15(14-10-6-7-11-14)13-8-4-3-5-9-13/h3-5,8-9,12,14-15H,6-7,10-11H2,1-2H3,(H,17,18). The van der Waals surface area contributed by atoms with Gasteiger partial charge in [-0.1, -0.05) is 43.2 Å². The predicted molar refractivity (Wildman–Crippen MR) is 74.4 cm³/mol. The zero-order valence-electron chi connectivity index (χ0n) is 11.4. The first-order chi connectivity index (χ1) is 8.68. The molecule has 0 aliphatic heterocycles. The molecule has 2 rings (SSSR count). The van der Waals surface area contributed by atoms with Gasteiger partial charge in [0, 0.05) is 6.04 Å². The van der Waals surface area contributed by atoms with E-state index in [-0.39, 0.29) is 17.9 Å². The summed E-state index contributed by atoms with van der Waals surface area (Å²) in [6.45, 7) is 4.04. The summed E-state index contributed by atoms with van der Waals surface area (Å²) in [5.74, 6) is 0.755. The average Bonchev–Trinajstić information content (AvgIpc) is 2.83. The zero-order valence-corrected chi connectivity index (χ0v) is 11.4. The number of hydrogen-bond donors (Lipinski definition) is 1. The fourth-order valence-electron chi connectivity index (χ4n) is 2.96. The lowest BCUT2D eigenvalue weighted by Crippen LogP contribution is -2.37. The van der Waals surface area contributed by atoms with Gasteiger partial charge >= 0.3 is 0 Å². The van der Waals surface area contributed by atoms with Gasteiger partial charge in [0.15, 0.2) is 0 Å². The van der Waals surface area contributed by atoms with Crippen molar-refractivity contribution >= 4 is 5.91 Å². The van der Waals surface area contributed by atoms with Crippen LogP contribution in [0.15, 0.2) is 30.3 Å². The quantitative estimate of drug-likeness (QED) is 0.864. The molecule has 98 valence electrons. The Balaban J connectivity index is 2.20. The Morgan fingerprint density at radius 3 is 2.33 bits per heavy atom. The Bertz CT molecular complexity index is 379. The molecule has 1 aromatic rings. The Hall–Kier alpha value is -1.31. The molecular formula is C16H23NO. The molecule has 18 heavy (non-hydrogen) atoms. The van der Waals surface area contributed by atoms with Crippen molar-refractivity contribution in [3.63, 3.8) is 0 Å². The number of rotatable bonds is 4. The van der Waals surface area contributed by atoms with Crippen molar-refractivity contribution in [2.24, 2.45) is 5.92 Å². The maximum atomic E-state index is 12.4. The molecule has 2 heteroatoms. The molecule has 1 fully saturated rings. The van der Waals surface area contributed by atoms with Crippen LogP contribution in [0.2, 0.25) is 0 Å². The van der Waals surface area contributed by atoms with Crippen LogP contribution in [-0.2, 0) is 4.79 Å². The maximum absolute atomic E-state index is 12.4. The van der Waals surface area contributed by atoms with E-state index in [9.17, 15) is 4.79 Å². The van der Waals surface area contributed by atoms with Gasteiger partial charge in [0.05, 0.1) is 5.92 Å². The van der Waals surface area contributed by atoms with Crippen LogP contribution < -0.4 is 5.32 Å². The molecule has 2 nitrogen and oxygen atoms in total. The van der Waals surface area contributed by atoms with Crippen molar-refractivity contribution in [2.45, 2.75) is 51.5 Å². The second kappa shape index (κ2) is 6.03. The average molecular weight is 245 g/mol. The number of carbonyl (C=O) groups is 1. The number of amides is 1. The molecule has 0 saturated heterocycles. The third-order valence-corrected chi connectivity index (χ3v) is 3.74. The van der Waals surface area contributed by atoms with Crippen molar-refractivity contribution in [2.75, 3.05) is 0 Å². The fraction of sp³-hybridized carbons (Fsp3) is 0.562. The highest BCUT2D eigenvalue weighted by molar-refractivity contribution is 5.84. The lowest BCUT2D eigenvalue weighted by Gasteiger charge is -2.24. The van der Waals surface area contributed by atoms with E-state index in [0.29, 0.717) is 5.92 Å². The Morgan fingerprint density at radius 1 is 1.17 bits per heavy atom. The van der Waals surface area contributed by atoms with E-state index in [4.69, 9.17) is 0 Å². The minimum absolute atomic E-state index is 0.0381. The first-order valence-corrected chi connectivity index (χ1v) is 7.04. The van der Waals surface area contributed by atoms with Gasteiger partial charge in [0.25, 0.3) is 0 Å². The zero-order chi connectivity index (χ0) is 13.0. The summed E-state index contributed by atoms with van der Waals surface area (Å²) < 4.78 is 0. The molecule has 1 aliphatic rings. The van der Waals surface area contributed by atoms with Crippen LogP contribution in [0.25, 0.3) is 0 Å². The van der Waals surface area contributed by atoms with Gasteiger partial charge in [-0.3, -0.25) is 4.79 Å². The molecule has 1 saturated carbocycles. The third-order valence-electron chi connectivity index (χ3n) is 3.74. The van der Waals surface area contributed by atoms with Gasteiger partial charge in [-0.2, -0.15) is 0 Å². The van der Waals surface area contributed by atoms with Crippen molar-refractivity contribution < 1.29 is 4.79 Å². The Morgan fingerprint density at radius 2 is 1.78 bits per heavy atom. The Kier molecular flexibility index (Phi) is 4.40. The van der Waals surface area contributed by atoms with Crippen LogP contribution in [0, 0.1) is 5.92 Å². The van der Waals surface area contributed by atoms with Crippen LogP contribution in [0.3, 0.4) is 0 Å². The number of benzene rings is 1. The second-order valence-corrected chi connectivity index (χ2v) is 5.60. The minimum atomic E-state index is 0.0381. The molecule has 0 heterocycles. The monoisotopic (exact) mass is 245 g/mol. The lowest BCUT2D eigenvalue weighted by atomic mass is 9.84. The number of carbonyl (C=O) groups excluding carboxylic acids is 1. The largest absolute Gasteiger partial charge is 0.353 e. The first kappa shape index (κ1) is 13.1. The van der Waals surface area contributed by atoms with Gasteiger partial charge in [-0.25, -0.2) is 0 Å². The van der Waals surface area contributed by atoms with Crippen molar-refractivity contribution in [3.05, 3.63) is 35.9 Å².